The number of carbonyl (C=O) groups excluding carboxylic acids is 2. The van der Waals surface area contributed by atoms with Gasteiger partial charge in [-0.2, -0.15) is 0 Å². The van der Waals surface area contributed by atoms with Crippen LogP contribution in [0.3, 0.4) is 0 Å². The number of nitrogens with two attached hydrogens (primary N) is 1. The van der Waals surface area contributed by atoms with E-state index < -0.39 is 17.2 Å². The van der Waals surface area contributed by atoms with E-state index in [-0.39, 0.29) is 35.0 Å². The highest BCUT2D eigenvalue weighted by molar-refractivity contribution is 5.97. The van der Waals surface area contributed by atoms with Crippen molar-refractivity contribution < 1.29 is 9.59 Å². The van der Waals surface area contributed by atoms with Crippen molar-refractivity contribution in [1.29, 1.82) is 0 Å². The van der Waals surface area contributed by atoms with Gasteiger partial charge in [0.25, 0.3) is 11.5 Å². The van der Waals surface area contributed by atoms with Crippen molar-refractivity contribution in [3.8, 4) is 0 Å². The lowest BCUT2D eigenvalue weighted by atomic mass is 10.1. The van der Waals surface area contributed by atoms with Crippen LogP contribution in [0, 0.1) is 5.92 Å². The molecule has 0 unspecified atom stereocenters. The first kappa shape index (κ1) is 14.9. The number of hydrogen-bond donors (Lipinski definition) is 2. The number of fused-ring (bicyclic) bond motifs is 1. The van der Waals surface area contributed by atoms with Gasteiger partial charge in [0.05, 0.1) is 16.9 Å². The highest BCUT2D eigenvalue weighted by Gasteiger charge is 2.30. The number of carbonyl (C=O) groups is 2. The summed E-state index contributed by atoms with van der Waals surface area (Å²) in [5.41, 5.74) is 4.52. The van der Waals surface area contributed by atoms with E-state index in [1.807, 2.05) is 0 Å². The van der Waals surface area contributed by atoms with Crippen molar-refractivity contribution in [3.05, 3.63) is 38.7 Å². The first-order valence-corrected chi connectivity index (χ1v) is 7.06. The zero-order valence-corrected chi connectivity index (χ0v) is 12.4. The largest absolute Gasteiger partial charge is 0.369 e. The second kappa shape index (κ2) is 5.34. The minimum Gasteiger partial charge on any atom is -0.369 e. The minimum absolute atomic E-state index is 0.156. The van der Waals surface area contributed by atoms with E-state index in [0.717, 1.165) is 0 Å². The lowest BCUT2D eigenvalue weighted by Crippen LogP contribution is -2.32. The molecule has 2 aromatic heterocycles. The topological polar surface area (TPSA) is 131 Å². The molecule has 0 aromatic carbocycles. The third-order valence-electron chi connectivity index (χ3n) is 4.08. The predicted octanol–water partition coefficient (Wildman–Crippen LogP) is -1.43. The monoisotopic (exact) mass is 317 g/mol. The van der Waals surface area contributed by atoms with Crippen LogP contribution in [0.25, 0.3) is 11.0 Å². The molecular formula is C14H15N5O4. The molecule has 0 spiro atoms. The van der Waals surface area contributed by atoms with Gasteiger partial charge in [-0.1, -0.05) is 0 Å². The van der Waals surface area contributed by atoms with E-state index >= 15 is 0 Å². The summed E-state index contributed by atoms with van der Waals surface area (Å²) in [6.07, 6.45) is 1.85. The van der Waals surface area contributed by atoms with E-state index in [9.17, 15) is 19.2 Å². The summed E-state index contributed by atoms with van der Waals surface area (Å²) in [6, 6.07) is 1.40. The van der Waals surface area contributed by atoms with Crippen molar-refractivity contribution in [3.63, 3.8) is 0 Å². The molecule has 0 bridgehead atoms. The normalized spacial score (nSPS) is 17.6. The Bertz CT molecular complexity index is 929. The number of aromatic nitrogens is 3. The third-order valence-corrected chi connectivity index (χ3v) is 4.08. The Labute approximate surface area is 129 Å². The molecule has 2 aromatic rings. The van der Waals surface area contributed by atoms with Gasteiger partial charge >= 0.3 is 5.69 Å². The van der Waals surface area contributed by atoms with E-state index in [1.54, 1.807) is 0 Å². The van der Waals surface area contributed by atoms with Crippen LogP contribution in [-0.2, 0) is 11.8 Å². The Kier molecular flexibility index (Phi) is 3.47. The maximum atomic E-state index is 12.5. The average Bonchev–Trinajstić information content (AvgIpc) is 3.02. The lowest BCUT2D eigenvalue weighted by Gasteiger charge is -2.16. The number of aromatic amines is 1. The highest BCUT2D eigenvalue weighted by Crippen LogP contribution is 2.19. The van der Waals surface area contributed by atoms with Gasteiger partial charge in [-0.05, 0) is 12.5 Å². The molecular weight excluding hydrogens is 302 g/mol. The molecule has 1 aliphatic rings. The van der Waals surface area contributed by atoms with Gasteiger partial charge in [-0.15, -0.1) is 0 Å². The van der Waals surface area contributed by atoms with Gasteiger partial charge in [0.15, 0.2) is 0 Å². The van der Waals surface area contributed by atoms with Crippen LogP contribution in [0.5, 0.6) is 0 Å². The van der Waals surface area contributed by atoms with Gasteiger partial charge in [0.2, 0.25) is 5.91 Å². The first-order valence-electron chi connectivity index (χ1n) is 7.06. The lowest BCUT2D eigenvalue weighted by molar-refractivity contribution is -0.121. The Hall–Kier alpha value is -2.97. The molecule has 23 heavy (non-hydrogen) atoms. The Morgan fingerprint density at radius 2 is 2.13 bits per heavy atom. The SMILES string of the molecule is Cn1c(=O)[nH]c(=O)c2cc(C(=O)N3CC[C@H](C(N)=O)C3)cnc21. The summed E-state index contributed by atoms with van der Waals surface area (Å²) < 4.78 is 1.20. The molecule has 1 aliphatic heterocycles. The van der Waals surface area contributed by atoms with Gasteiger partial charge in [0.1, 0.15) is 5.65 Å². The molecule has 1 fully saturated rings. The second-order valence-corrected chi connectivity index (χ2v) is 5.55. The molecule has 120 valence electrons. The molecule has 1 saturated heterocycles. The number of aryl methyl sites for hydroxylation is 1. The molecule has 3 heterocycles. The van der Waals surface area contributed by atoms with Gasteiger partial charge in [-0.25, -0.2) is 9.78 Å². The van der Waals surface area contributed by atoms with Crippen LogP contribution < -0.4 is 17.0 Å². The van der Waals surface area contributed by atoms with Crippen molar-refractivity contribution in [1.82, 2.24) is 19.4 Å². The van der Waals surface area contributed by atoms with E-state index in [2.05, 4.69) is 9.97 Å². The molecule has 0 saturated carbocycles. The molecule has 9 nitrogen and oxygen atoms in total. The van der Waals surface area contributed by atoms with E-state index in [4.69, 9.17) is 5.73 Å². The standard InChI is InChI=1S/C14H15N5O4/c1-18-11-9(12(21)17-14(18)23)4-8(5-16-11)13(22)19-3-2-7(6-19)10(15)20/h4-5,7H,2-3,6H2,1H3,(H2,15,20)(H,17,21,23)/t7-/m0/s1. The van der Waals surface area contributed by atoms with Crippen LogP contribution in [0.2, 0.25) is 0 Å². The van der Waals surface area contributed by atoms with Crippen molar-refractivity contribution in [2.75, 3.05) is 13.1 Å². The summed E-state index contributed by atoms with van der Waals surface area (Å²) in [4.78, 5) is 54.8. The highest BCUT2D eigenvalue weighted by atomic mass is 16.2. The van der Waals surface area contributed by atoms with Gasteiger partial charge < -0.3 is 10.6 Å². The van der Waals surface area contributed by atoms with Crippen molar-refractivity contribution >= 4 is 22.8 Å². The number of nitrogens with zero attached hydrogens (tertiary/aromatic N) is 3. The zero-order valence-electron chi connectivity index (χ0n) is 12.4. The van der Waals surface area contributed by atoms with Crippen LogP contribution in [-0.4, -0.2) is 44.3 Å². The minimum atomic E-state index is -0.596. The van der Waals surface area contributed by atoms with Crippen molar-refractivity contribution in [2.24, 2.45) is 18.7 Å². The smallest absolute Gasteiger partial charge is 0.329 e. The van der Waals surface area contributed by atoms with Crippen LogP contribution in [0.1, 0.15) is 16.8 Å². The summed E-state index contributed by atoms with van der Waals surface area (Å²) >= 11 is 0. The molecule has 3 rings (SSSR count). The number of likely N-dealkylation sites (tertiary alicyclic amines) is 1. The number of hydrogen-bond acceptors (Lipinski definition) is 5. The Balaban J connectivity index is 1.98. The van der Waals surface area contributed by atoms with Crippen molar-refractivity contribution in [2.45, 2.75) is 6.42 Å². The number of amides is 2. The number of pyridine rings is 1. The fourth-order valence-corrected chi connectivity index (χ4v) is 2.71. The molecule has 9 heteroatoms. The van der Waals surface area contributed by atoms with E-state index in [0.29, 0.717) is 13.0 Å². The Morgan fingerprint density at radius 1 is 1.39 bits per heavy atom. The van der Waals surface area contributed by atoms with Crippen LogP contribution >= 0.6 is 0 Å². The summed E-state index contributed by atoms with van der Waals surface area (Å²) in [7, 11) is 1.48. The Morgan fingerprint density at radius 3 is 2.78 bits per heavy atom. The molecule has 2 amide bonds. The maximum Gasteiger partial charge on any atom is 0.329 e. The van der Waals surface area contributed by atoms with Crippen LogP contribution in [0.15, 0.2) is 21.9 Å². The fraction of sp³-hybridized carbons (Fsp3) is 0.357. The number of H-pyrrole nitrogens is 1. The third kappa shape index (κ3) is 2.50. The predicted molar refractivity (Wildman–Crippen MR) is 80.8 cm³/mol. The molecule has 1 atom stereocenters. The number of primary amides is 1. The van der Waals surface area contributed by atoms with Gasteiger partial charge in [0, 0.05) is 26.3 Å². The number of nitrogens with one attached hydrogen (secondary N) is 1. The first-order chi connectivity index (χ1) is 10.9. The molecule has 0 aliphatic carbocycles. The quantitative estimate of drug-likeness (QED) is 0.701. The zero-order chi connectivity index (χ0) is 16.7. The molecule has 3 N–H and O–H groups in total. The van der Waals surface area contributed by atoms with Gasteiger partial charge in [-0.3, -0.25) is 23.9 Å². The maximum absolute atomic E-state index is 12.5. The average molecular weight is 317 g/mol. The molecule has 0 radical (unpaired) electrons. The fourth-order valence-electron chi connectivity index (χ4n) is 2.71. The second-order valence-electron chi connectivity index (χ2n) is 5.55. The summed E-state index contributed by atoms with van der Waals surface area (Å²) in [5.74, 6) is -1.10. The van der Waals surface area contributed by atoms with E-state index in [1.165, 1.54) is 28.8 Å². The summed E-state index contributed by atoms with van der Waals surface area (Å²) in [5, 5.41) is 0.156. The summed E-state index contributed by atoms with van der Waals surface area (Å²) in [6.45, 7) is 0.684. The number of rotatable bonds is 2. The van der Waals surface area contributed by atoms with Crippen LogP contribution in [0.4, 0.5) is 0 Å².